The van der Waals surface area contributed by atoms with Crippen LogP contribution in [0.1, 0.15) is 43.0 Å². The Morgan fingerprint density at radius 2 is 2.17 bits per heavy atom. The molecule has 5 nitrogen and oxygen atoms in total. The molecule has 1 heterocycles. The Bertz CT molecular complexity index is 367. The first-order valence-electron chi connectivity index (χ1n) is 6.99. The minimum Gasteiger partial charge on any atom is -0.330 e. The fourth-order valence-electron chi connectivity index (χ4n) is 2.50. The highest BCUT2D eigenvalue weighted by Gasteiger charge is 2.27. The molecule has 102 valence electrons. The molecule has 2 rings (SSSR count). The summed E-state index contributed by atoms with van der Waals surface area (Å²) in [6.45, 7) is 2.73. The first-order chi connectivity index (χ1) is 8.72. The largest absolute Gasteiger partial charge is 0.330 e. The van der Waals surface area contributed by atoms with E-state index in [1.165, 1.54) is 25.0 Å². The summed E-state index contributed by atoms with van der Waals surface area (Å²) < 4.78 is 2.12. The molecule has 18 heavy (non-hydrogen) atoms. The second-order valence-corrected chi connectivity index (χ2v) is 5.47. The van der Waals surface area contributed by atoms with Crippen molar-refractivity contribution >= 4 is 0 Å². The number of rotatable bonds is 7. The fraction of sp³-hybridized carbons (Fsp3) is 0.846. The molecule has 0 spiro atoms. The zero-order valence-electron chi connectivity index (χ0n) is 11.6. The molecule has 0 atom stereocenters. The Balaban J connectivity index is 2.03. The Kier molecular flexibility index (Phi) is 4.72. The molecular formula is C13H25N5. The number of hydrogen-bond donors (Lipinski definition) is 1. The molecule has 0 bridgehead atoms. The molecule has 1 aliphatic rings. The lowest BCUT2D eigenvalue weighted by atomic mass is 9.81. The smallest absolute Gasteiger partial charge is 0.0874 e. The monoisotopic (exact) mass is 251 g/mol. The van der Waals surface area contributed by atoms with Gasteiger partial charge < -0.3 is 10.6 Å². The van der Waals surface area contributed by atoms with E-state index >= 15 is 0 Å². The number of hydrogen-bond acceptors (Lipinski definition) is 4. The normalized spacial score (nSPS) is 16.2. The van der Waals surface area contributed by atoms with Crippen molar-refractivity contribution in [1.29, 1.82) is 0 Å². The topological polar surface area (TPSA) is 60.0 Å². The van der Waals surface area contributed by atoms with E-state index in [1.807, 2.05) is 0 Å². The maximum Gasteiger partial charge on any atom is 0.0874 e. The van der Waals surface area contributed by atoms with Gasteiger partial charge in [-0.05, 0) is 46.4 Å². The molecule has 5 heteroatoms. The van der Waals surface area contributed by atoms with Crippen molar-refractivity contribution in [2.45, 2.75) is 44.6 Å². The third-order valence-corrected chi connectivity index (χ3v) is 3.70. The van der Waals surface area contributed by atoms with Gasteiger partial charge in [0.15, 0.2) is 0 Å². The zero-order valence-corrected chi connectivity index (χ0v) is 11.6. The van der Waals surface area contributed by atoms with Crippen LogP contribution in [0.15, 0.2) is 0 Å². The van der Waals surface area contributed by atoms with E-state index in [2.05, 4.69) is 34.0 Å². The van der Waals surface area contributed by atoms with Crippen LogP contribution in [0, 0.1) is 0 Å². The van der Waals surface area contributed by atoms with Gasteiger partial charge >= 0.3 is 0 Å². The van der Waals surface area contributed by atoms with Gasteiger partial charge in [0, 0.05) is 18.9 Å². The SMILES string of the molecule is CN(C)CCCn1nnc(CCN)c1C1CCC1. The summed E-state index contributed by atoms with van der Waals surface area (Å²) in [6.07, 6.45) is 5.91. The van der Waals surface area contributed by atoms with Gasteiger partial charge in [-0.1, -0.05) is 11.6 Å². The summed E-state index contributed by atoms with van der Waals surface area (Å²) in [4.78, 5) is 2.21. The van der Waals surface area contributed by atoms with Gasteiger partial charge in [-0.3, -0.25) is 0 Å². The van der Waals surface area contributed by atoms with Crippen LogP contribution in [-0.4, -0.2) is 47.1 Å². The number of nitrogens with zero attached hydrogens (tertiary/aromatic N) is 4. The van der Waals surface area contributed by atoms with Crippen LogP contribution in [0.5, 0.6) is 0 Å². The molecule has 1 aliphatic carbocycles. The van der Waals surface area contributed by atoms with Crippen LogP contribution in [0.2, 0.25) is 0 Å². The molecule has 0 aliphatic heterocycles. The van der Waals surface area contributed by atoms with E-state index < -0.39 is 0 Å². The first kappa shape index (κ1) is 13.5. The summed E-state index contributed by atoms with van der Waals surface area (Å²) in [5, 5.41) is 8.65. The summed E-state index contributed by atoms with van der Waals surface area (Å²) in [7, 11) is 4.21. The summed E-state index contributed by atoms with van der Waals surface area (Å²) in [5.41, 5.74) is 8.15. The van der Waals surface area contributed by atoms with Crippen LogP contribution < -0.4 is 5.73 Å². The highest BCUT2D eigenvalue weighted by atomic mass is 15.4. The third-order valence-electron chi connectivity index (χ3n) is 3.70. The maximum absolute atomic E-state index is 5.65. The van der Waals surface area contributed by atoms with Crippen molar-refractivity contribution < 1.29 is 0 Å². The number of aromatic nitrogens is 3. The van der Waals surface area contributed by atoms with E-state index in [-0.39, 0.29) is 0 Å². The highest BCUT2D eigenvalue weighted by molar-refractivity contribution is 5.18. The standard InChI is InChI=1S/C13H25N5/c1-17(2)9-4-10-18-13(11-5-3-6-11)12(7-8-14)15-16-18/h11H,3-10,14H2,1-2H3. The summed E-state index contributed by atoms with van der Waals surface area (Å²) in [5.74, 6) is 0.681. The van der Waals surface area contributed by atoms with Gasteiger partial charge in [-0.2, -0.15) is 0 Å². The van der Waals surface area contributed by atoms with E-state index in [0.717, 1.165) is 31.6 Å². The molecular weight excluding hydrogens is 226 g/mol. The molecule has 2 N–H and O–H groups in total. The highest BCUT2D eigenvalue weighted by Crippen LogP contribution is 2.37. The Labute approximate surface area is 109 Å². The van der Waals surface area contributed by atoms with E-state index in [1.54, 1.807) is 0 Å². The Morgan fingerprint density at radius 3 is 2.72 bits per heavy atom. The second kappa shape index (κ2) is 6.29. The molecule has 1 aromatic rings. The van der Waals surface area contributed by atoms with Crippen LogP contribution >= 0.6 is 0 Å². The quantitative estimate of drug-likeness (QED) is 0.785. The van der Waals surface area contributed by atoms with Gasteiger partial charge in [0.25, 0.3) is 0 Å². The van der Waals surface area contributed by atoms with Gasteiger partial charge in [-0.15, -0.1) is 5.10 Å². The van der Waals surface area contributed by atoms with Crippen LogP contribution in [0.25, 0.3) is 0 Å². The zero-order chi connectivity index (χ0) is 13.0. The predicted molar refractivity (Wildman–Crippen MR) is 72.5 cm³/mol. The molecule has 0 aromatic carbocycles. The number of nitrogens with two attached hydrogens (primary N) is 1. The lowest BCUT2D eigenvalue weighted by molar-refractivity contribution is 0.356. The van der Waals surface area contributed by atoms with Gasteiger partial charge in [0.05, 0.1) is 11.4 Å². The number of aryl methyl sites for hydroxylation is 1. The molecule has 1 fully saturated rings. The Morgan fingerprint density at radius 1 is 1.39 bits per heavy atom. The summed E-state index contributed by atoms with van der Waals surface area (Å²) in [6, 6.07) is 0. The Hall–Kier alpha value is -0.940. The maximum atomic E-state index is 5.65. The van der Waals surface area contributed by atoms with Crippen molar-refractivity contribution in [3.05, 3.63) is 11.4 Å². The van der Waals surface area contributed by atoms with Crippen LogP contribution in [-0.2, 0) is 13.0 Å². The van der Waals surface area contributed by atoms with Crippen molar-refractivity contribution in [1.82, 2.24) is 19.9 Å². The first-order valence-corrected chi connectivity index (χ1v) is 6.99. The van der Waals surface area contributed by atoms with Crippen molar-refractivity contribution in [2.24, 2.45) is 5.73 Å². The molecule has 1 aromatic heterocycles. The lowest BCUT2D eigenvalue weighted by Crippen LogP contribution is -2.20. The minimum absolute atomic E-state index is 0.663. The summed E-state index contributed by atoms with van der Waals surface area (Å²) >= 11 is 0. The molecule has 0 saturated heterocycles. The molecule has 1 saturated carbocycles. The van der Waals surface area contributed by atoms with Gasteiger partial charge in [0.2, 0.25) is 0 Å². The van der Waals surface area contributed by atoms with Crippen molar-refractivity contribution in [2.75, 3.05) is 27.2 Å². The average Bonchev–Trinajstić information content (AvgIpc) is 2.61. The van der Waals surface area contributed by atoms with Gasteiger partial charge in [0.1, 0.15) is 0 Å². The third kappa shape index (κ3) is 3.09. The van der Waals surface area contributed by atoms with Crippen LogP contribution in [0.4, 0.5) is 0 Å². The van der Waals surface area contributed by atoms with Crippen molar-refractivity contribution in [3.63, 3.8) is 0 Å². The van der Waals surface area contributed by atoms with E-state index in [4.69, 9.17) is 5.73 Å². The van der Waals surface area contributed by atoms with E-state index in [0.29, 0.717) is 12.5 Å². The van der Waals surface area contributed by atoms with Gasteiger partial charge in [-0.25, -0.2) is 4.68 Å². The average molecular weight is 251 g/mol. The van der Waals surface area contributed by atoms with Crippen molar-refractivity contribution in [3.8, 4) is 0 Å². The molecule has 0 radical (unpaired) electrons. The lowest BCUT2D eigenvalue weighted by Gasteiger charge is -2.26. The second-order valence-electron chi connectivity index (χ2n) is 5.47. The fourth-order valence-corrected chi connectivity index (χ4v) is 2.50. The predicted octanol–water partition coefficient (Wildman–Crippen LogP) is 0.998. The minimum atomic E-state index is 0.663. The molecule has 0 amide bonds. The molecule has 0 unspecified atom stereocenters. The van der Waals surface area contributed by atoms with E-state index in [9.17, 15) is 0 Å². The van der Waals surface area contributed by atoms with Crippen LogP contribution in [0.3, 0.4) is 0 Å².